The Morgan fingerprint density at radius 3 is 2.23 bits per heavy atom. The summed E-state index contributed by atoms with van der Waals surface area (Å²) in [6.07, 6.45) is 0.700. The minimum Gasteiger partial charge on any atom is -0.381 e. The summed E-state index contributed by atoms with van der Waals surface area (Å²) >= 11 is 5.84. The van der Waals surface area contributed by atoms with E-state index in [2.05, 4.69) is 10.0 Å². The number of carbonyl (C=O) groups is 1. The zero-order chi connectivity index (χ0) is 22.2. The first kappa shape index (κ1) is 22.5. The molecule has 0 saturated heterocycles. The molecule has 0 atom stereocenters. The van der Waals surface area contributed by atoms with Crippen molar-refractivity contribution in [3.8, 4) is 0 Å². The second-order valence-corrected chi connectivity index (χ2v) is 8.71. The fourth-order valence-electron chi connectivity index (χ4n) is 2.87. The molecule has 0 aliphatic heterocycles. The van der Waals surface area contributed by atoms with E-state index in [1.54, 1.807) is 0 Å². The van der Waals surface area contributed by atoms with Gasteiger partial charge in [-0.25, -0.2) is 30.7 Å². The molecule has 30 heavy (non-hydrogen) atoms. The highest BCUT2D eigenvalue weighted by Gasteiger charge is 2.34. The van der Waals surface area contributed by atoms with Gasteiger partial charge in [-0.1, -0.05) is 11.6 Å². The van der Waals surface area contributed by atoms with E-state index in [4.69, 9.17) is 16.3 Å². The molecule has 1 fully saturated rings. The third-order valence-corrected chi connectivity index (χ3v) is 6.40. The number of methoxy groups -OCH3 is 1. The van der Waals surface area contributed by atoms with Crippen LogP contribution in [0.5, 0.6) is 0 Å². The van der Waals surface area contributed by atoms with Crippen molar-refractivity contribution in [3.05, 3.63) is 58.1 Å². The Bertz CT molecular complexity index is 1080. The molecule has 2 aromatic carbocycles. The molecule has 6 nitrogen and oxygen atoms in total. The van der Waals surface area contributed by atoms with Gasteiger partial charge in [0.15, 0.2) is 17.5 Å². The van der Waals surface area contributed by atoms with Crippen LogP contribution in [0.3, 0.4) is 0 Å². The number of hydrogen-bond acceptors (Lipinski definition) is 4. The molecule has 162 valence electrons. The molecule has 1 saturated carbocycles. The minimum absolute atomic E-state index is 0.106. The molecule has 0 radical (unpaired) electrons. The summed E-state index contributed by atoms with van der Waals surface area (Å²) in [6.45, 7) is 0. The van der Waals surface area contributed by atoms with Crippen molar-refractivity contribution in [1.29, 1.82) is 0 Å². The second-order valence-electron chi connectivity index (χ2n) is 6.62. The van der Waals surface area contributed by atoms with Gasteiger partial charge in [0.2, 0.25) is 10.0 Å². The number of rotatable bonds is 6. The highest BCUT2D eigenvalue weighted by Crippen LogP contribution is 2.28. The van der Waals surface area contributed by atoms with E-state index in [9.17, 15) is 30.8 Å². The van der Waals surface area contributed by atoms with E-state index in [1.165, 1.54) is 7.11 Å². The van der Waals surface area contributed by atoms with E-state index in [0.29, 0.717) is 37.1 Å². The number of amides is 1. The molecule has 2 aromatic rings. The van der Waals surface area contributed by atoms with E-state index < -0.39 is 66.4 Å². The zero-order valence-electron chi connectivity index (χ0n) is 15.3. The van der Waals surface area contributed by atoms with Crippen LogP contribution in [0.25, 0.3) is 0 Å². The molecule has 12 heteroatoms. The summed E-state index contributed by atoms with van der Waals surface area (Å²) in [6, 6.07) is 1.93. The number of hydrogen-bond donors (Lipinski definition) is 2. The van der Waals surface area contributed by atoms with E-state index in [1.807, 2.05) is 0 Å². The third kappa shape index (κ3) is 4.59. The summed E-state index contributed by atoms with van der Waals surface area (Å²) in [4.78, 5) is 11.6. The predicted molar refractivity (Wildman–Crippen MR) is 99.8 cm³/mol. The number of ether oxygens (including phenoxy) is 1. The Morgan fingerprint density at radius 1 is 1.07 bits per heavy atom. The maximum Gasteiger partial charge on any atom is 0.257 e. The minimum atomic E-state index is -4.34. The van der Waals surface area contributed by atoms with Gasteiger partial charge < -0.3 is 10.1 Å². The van der Waals surface area contributed by atoms with Crippen molar-refractivity contribution in [2.45, 2.75) is 29.9 Å². The average molecular weight is 467 g/mol. The molecule has 0 heterocycles. The van der Waals surface area contributed by atoms with Gasteiger partial charge in [-0.15, -0.1) is 0 Å². The van der Waals surface area contributed by atoms with Crippen LogP contribution in [-0.4, -0.2) is 33.6 Å². The summed E-state index contributed by atoms with van der Waals surface area (Å²) in [5.41, 5.74) is -0.911. The number of benzene rings is 2. The Kier molecular flexibility index (Phi) is 6.37. The van der Waals surface area contributed by atoms with Crippen molar-refractivity contribution in [3.63, 3.8) is 0 Å². The van der Waals surface area contributed by atoms with Gasteiger partial charge in [-0.05, 0) is 25.0 Å². The first-order valence-electron chi connectivity index (χ1n) is 8.52. The van der Waals surface area contributed by atoms with Crippen LogP contribution in [0, 0.1) is 23.3 Å². The largest absolute Gasteiger partial charge is 0.381 e. The maximum atomic E-state index is 14.3. The molecule has 0 unspecified atom stereocenters. The molecule has 0 bridgehead atoms. The number of sulfonamides is 1. The Morgan fingerprint density at radius 2 is 1.67 bits per heavy atom. The Labute approximate surface area is 174 Å². The van der Waals surface area contributed by atoms with Gasteiger partial charge in [0.1, 0.15) is 10.7 Å². The van der Waals surface area contributed by atoms with Gasteiger partial charge in [-0.3, -0.25) is 4.79 Å². The van der Waals surface area contributed by atoms with Crippen LogP contribution in [0.4, 0.5) is 23.2 Å². The van der Waals surface area contributed by atoms with E-state index >= 15 is 0 Å². The van der Waals surface area contributed by atoms with Crippen molar-refractivity contribution in [2.75, 3.05) is 12.4 Å². The molecule has 0 aromatic heterocycles. The second kappa shape index (κ2) is 8.50. The van der Waals surface area contributed by atoms with Crippen molar-refractivity contribution < 1.29 is 35.5 Å². The SMILES string of the molecule is COC1CC(NS(=O)(=O)c2cc(C(=O)Nc3cc(F)c(F)c(F)c3)c(Cl)cc2F)C1. The first-order valence-corrected chi connectivity index (χ1v) is 10.4. The topological polar surface area (TPSA) is 84.5 Å². The summed E-state index contributed by atoms with van der Waals surface area (Å²) in [7, 11) is -2.85. The summed E-state index contributed by atoms with van der Waals surface area (Å²) < 4.78 is 86.4. The Hall–Kier alpha value is -2.21. The van der Waals surface area contributed by atoms with Crippen LogP contribution in [0.2, 0.25) is 5.02 Å². The van der Waals surface area contributed by atoms with E-state index in [-0.39, 0.29) is 6.10 Å². The lowest BCUT2D eigenvalue weighted by molar-refractivity contribution is 0.0236. The van der Waals surface area contributed by atoms with E-state index in [0.717, 1.165) is 0 Å². The molecule has 0 spiro atoms. The molecular weight excluding hydrogens is 452 g/mol. The number of anilines is 1. The lowest BCUT2D eigenvalue weighted by Crippen LogP contribution is -2.47. The summed E-state index contributed by atoms with van der Waals surface area (Å²) in [5, 5.41) is 1.62. The van der Waals surface area contributed by atoms with Gasteiger partial charge in [-0.2, -0.15) is 0 Å². The molecule has 1 aliphatic rings. The van der Waals surface area contributed by atoms with Crippen LogP contribution in [0.1, 0.15) is 23.2 Å². The van der Waals surface area contributed by atoms with Crippen LogP contribution in [0.15, 0.2) is 29.2 Å². The van der Waals surface area contributed by atoms with Gasteiger partial charge >= 0.3 is 0 Å². The van der Waals surface area contributed by atoms with Crippen molar-refractivity contribution >= 4 is 33.2 Å². The predicted octanol–water partition coefficient (Wildman–Crippen LogP) is 3.60. The van der Waals surface area contributed by atoms with Crippen molar-refractivity contribution in [1.82, 2.24) is 4.72 Å². The lowest BCUT2D eigenvalue weighted by atomic mass is 9.90. The standard InChI is InChI=1S/C18H15ClF4N2O4S/c1-29-10-2-9(3-10)25-30(27,28)16-6-11(12(19)7-13(16)20)18(26)24-8-4-14(21)17(23)15(22)5-8/h4-7,9-10,25H,2-3H2,1H3,(H,24,26). The van der Waals surface area contributed by atoms with Gasteiger partial charge in [0.05, 0.1) is 16.7 Å². The zero-order valence-corrected chi connectivity index (χ0v) is 16.9. The molecule has 3 rings (SSSR count). The van der Waals surface area contributed by atoms with Crippen LogP contribution < -0.4 is 10.0 Å². The molecule has 1 aliphatic carbocycles. The van der Waals surface area contributed by atoms with Crippen LogP contribution >= 0.6 is 11.6 Å². The van der Waals surface area contributed by atoms with Gasteiger partial charge in [0, 0.05) is 31.0 Å². The van der Waals surface area contributed by atoms with Crippen molar-refractivity contribution in [2.24, 2.45) is 0 Å². The molecule has 2 N–H and O–H groups in total. The van der Waals surface area contributed by atoms with Crippen LogP contribution in [-0.2, 0) is 14.8 Å². The molecular formula is C18H15ClF4N2O4S. The molecule has 1 amide bonds. The summed E-state index contributed by atoms with van der Waals surface area (Å²) in [5.74, 6) is -7.08. The monoisotopic (exact) mass is 466 g/mol. The van der Waals surface area contributed by atoms with Gasteiger partial charge in [0.25, 0.3) is 5.91 Å². The third-order valence-electron chi connectivity index (χ3n) is 4.55. The maximum absolute atomic E-state index is 14.3. The normalized spacial score (nSPS) is 18.7. The number of halogens is 5. The number of nitrogens with one attached hydrogen (secondary N) is 2. The average Bonchev–Trinajstić information content (AvgIpc) is 2.61. The fraction of sp³-hybridized carbons (Fsp3) is 0.278. The quantitative estimate of drug-likeness (QED) is 0.503. The smallest absolute Gasteiger partial charge is 0.257 e. The number of carbonyl (C=O) groups excluding carboxylic acids is 1. The highest BCUT2D eigenvalue weighted by molar-refractivity contribution is 7.89. The first-order chi connectivity index (χ1) is 14.0. The highest BCUT2D eigenvalue weighted by atomic mass is 35.5. The Balaban J connectivity index is 1.86. The fourth-order valence-corrected chi connectivity index (χ4v) is 4.46. The lowest BCUT2D eigenvalue weighted by Gasteiger charge is -2.34.